The van der Waals surface area contributed by atoms with E-state index >= 15 is 0 Å². The Kier molecular flexibility index (Phi) is 5.72. The first-order valence-electron chi connectivity index (χ1n) is 6.55. The van der Waals surface area contributed by atoms with Crippen LogP contribution in [-0.4, -0.2) is 42.6 Å². The Morgan fingerprint density at radius 3 is 2.61 bits per heavy atom. The topological polar surface area (TPSA) is 102 Å². The maximum absolute atomic E-state index is 12.8. The number of hydrogen-bond donors (Lipinski definition) is 1. The van der Waals surface area contributed by atoms with Gasteiger partial charge in [0.2, 0.25) is 11.8 Å². The Morgan fingerprint density at radius 2 is 2.00 bits per heavy atom. The van der Waals surface area contributed by atoms with Crippen molar-refractivity contribution < 1.29 is 22.0 Å². The number of benzene rings is 1. The summed E-state index contributed by atoms with van der Waals surface area (Å²) in [6.07, 6.45) is 0. The Bertz CT molecular complexity index is 775. The van der Waals surface area contributed by atoms with Crippen LogP contribution in [0.1, 0.15) is 5.89 Å². The van der Waals surface area contributed by atoms with Gasteiger partial charge in [-0.3, -0.25) is 4.79 Å². The lowest BCUT2D eigenvalue weighted by Gasteiger charge is -2.06. The van der Waals surface area contributed by atoms with Crippen molar-refractivity contribution in [3.05, 3.63) is 36.0 Å². The van der Waals surface area contributed by atoms with Crippen LogP contribution in [-0.2, 0) is 14.6 Å². The van der Waals surface area contributed by atoms with Crippen molar-refractivity contribution in [2.24, 2.45) is 0 Å². The summed E-state index contributed by atoms with van der Waals surface area (Å²) in [4.78, 5) is 11.6. The molecule has 7 nitrogen and oxygen atoms in total. The molecule has 124 valence electrons. The van der Waals surface area contributed by atoms with Gasteiger partial charge < -0.3 is 9.73 Å². The van der Waals surface area contributed by atoms with E-state index in [2.05, 4.69) is 15.5 Å². The van der Waals surface area contributed by atoms with E-state index in [1.165, 1.54) is 12.1 Å². The zero-order chi connectivity index (χ0) is 16.9. The van der Waals surface area contributed by atoms with E-state index in [0.29, 0.717) is 5.89 Å². The summed E-state index contributed by atoms with van der Waals surface area (Å²) in [6, 6.07) is 4.55. The third kappa shape index (κ3) is 5.32. The van der Waals surface area contributed by atoms with Crippen LogP contribution in [0.3, 0.4) is 0 Å². The lowest BCUT2D eigenvalue weighted by molar-refractivity contribution is -0.118. The van der Waals surface area contributed by atoms with Crippen molar-refractivity contribution in [2.45, 2.75) is 17.0 Å². The molecule has 0 aliphatic rings. The molecule has 0 spiro atoms. The first-order valence-corrected chi connectivity index (χ1v) is 9.18. The maximum Gasteiger partial charge on any atom is 0.277 e. The number of carbonyl (C=O) groups excluding carboxylic acids is 1. The average molecular weight is 359 g/mol. The Morgan fingerprint density at radius 1 is 1.30 bits per heavy atom. The minimum absolute atomic E-state index is 0.0175. The number of rotatable bonds is 7. The van der Waals surface area contributed by atoms with Crippen LogP contribution >= 0.6 is 11.8 Å². The van der Waals surface area contributed by atoms with Crippen LogP contribution < -0.4 is 5.32 Å². The minimum atomic E-state index is -3.57. The number of halogens is 1. The summed E-state index contributed by atoms with van der Waals surface area (Å²) in [5.41, 5.74) is 0. The average Bonchev–Trinajstić information content (AvgIpc) is 2.91. The second kappa shape index (κ2) is 7.55. The van der Waals surface area contributed by atoms with Gasteiger partial charge in [0.1, 0.15) is 5.82 Å². The fraction of sp³-hybridized carbons (Fsp3) is 0.308. The smallest absolute Gasteiger partial charge is 0.277 e. The number of nitrogens with one attached hydrogen (secondary N) is 1. The Balaban J connectivity index is 1.77. The van der Waals surface area contributed by atoms with Crippen molar-refractivity contribution >= 4 is 27.5 Å². The van der Waals surface area contributed by atoms with Crippen LogP contribution in [0.4, 0.5) is 4.39 Å². The van der Waals surface area contributed by atoms with Gasteiger partial charge in [-0.15, -0.1) is 10.2 Å². The SMILES string of the molecule is Cc1nnc(SCC(=O)NCCS(=O)(=O)c2ccc(F)cc2)o1. The number of aryl methyl sites for hydroxylation is 1. The molecule has 23 heavy (non-hydrogen) atoms. The standard InChI is InChI=1S/C13H14FN3O4S2/c1-9-16-17-13(21-9)22-8-12(18)15-6-7-23(19,20)11-4-2-10(14)3-5-11/h2-5H,6-8H2,1H3,(H,15,18). The predicted octanol–water partition coefficient (Wildman–Crippen LogP) is 1.20. The second-order valence-electron chi connectivity index (χ2n) is 4.50. The highest BCUT2D eigenvalue weighted by atomic mass is 32.2. The van der Waals surface area contributed by atoms with E-state index in [1.54, 1.807) is 6.92 Å². The van der Waals surface area contributed by atoms with E-state index in [9.17, 15) is 17.6 Å². The normalized spacial score (nSPS) is 11.4. The summed E-state index contributed by atoms with van der Waals surface area (Å²) < 4.78 is 41.9. The molecule has 0 atom stereocenters. The Hall–Kier alpha value is -1.94. The number of nitrogens with zero attached hydrogens (tertiary/aromatic N) is 2. The number of amides is 1. The van der Waals surface area contributed by atoms with E-state index in [0.717, 1.165) is 23.9 Å². The quantitative estimate of drug-likeness (QED) is 0.585. The molecular weight excluding hydrogens is 345 g/mol. The van der Waals surface area contributed by atoms with Gasteiger partial charge in [-0.1, -0.05) is 11.8 Å². The van der Waals surface area contributed by atoms with Gasteiger partial charge in [-0.05, 0) is 24.3 Å². The summed E-state index contributed by atoms with van der Waals surface area (Å²) >= 11 is 1.06. The van der Waals surface area contributed by atoms with Gasteiger partial charge in [0, 0.05) is 13.5 Å². The molecule has 2 rings (SSSR count). The number of carbonyl (C=O) groups is 1. The fourth-order valence-electron chi connectivity index (χ4n) is 1.60. The van der Waals surface area contributed by atoms with Crippen molar-refractivity contribution in [1.82, 2.24) is 15.5 Å². The zero-order valence-corrected chi connectivity index (χ0v) is 13.8. The highest BCUT2D eigenvalue weighted by molar-refractivity contribution is 7.99. The fourth-order valence-corrected chi connectivity index (χ4v) is 3.39. The first-order chi connectivity index (χ1) is 10.9. The summed E-state index contributed by atoms with van der Waals surface area (Å²) in [5.74, 6) is -0.684. The van der Waals surface area contributed by atoms with Crippen LogP contribution in [0, 0.1) is 12.7 Å². The third-order valence-electron chi connectivity index (χ3n) is 2.70. The van der Waals surface area contributed by atoms with Crippen LogP contribution in [0.25, 0.3) is 0 Å². The second-order valence-corrected chi connectivity index (χ2v) is 7.53. The van der Waals surface area contributed by atoms with Crippen molar-refractivity contribution in [2.75, 3.05) is 18.1 Å². The van der Waals surface area contributed by atoms with Gasteiger partial charge in [-0.25, -0.2) is 12.8 Å². The molecule has 0 saturated heterocycles. The first kappa shape index (κ1) is 17.4. The molecule has 1 heterocycles. The number of hydrogen-bond acceptors (Lipinski definition) is 7. The molecule has 2 aromatic rings. The molecule has 0 fully saturated rings. The summed E-state index contributed by atoms with van der Waals surface area (Å²) in [5, 5.41) is 10.1. The van der Waals surface area contributed by atoms with Gasteiger partial charge in [0.05, 0.1) is 16.4 Å². The van der Waals surface area contributed by atoms with Gasteiger partial charge >= 0.3 is 0 Å². The molecule has 0 radical (unpaired) electrons. The molecule has 1 aromatic carbocycles. The zero-order valence-electron chi connectivity index (χ0n) is 12.2. The van der Waals surface area contributed by atoms with Crippen LogP contribution in [0.5, 0.6) is 0 Å². The summed E-state index contributed by atoms with van der Waals surface area (Å²) in [6.45, 7) is 1.60. The summed E-state index contributed by atoms with van der Waals surface area (Å²) in [7, 11) is -3.57. The van der Waals surface area contributed by atoms with E-state index in [-0.39, 0.29) is 34.1 Å². The largest absolute Gasteiger partial charge is 0.416 e. The number of aromatic nitrogens is 2. The van der Waals surface area contributed by atoms with Crippen molar-refractivity contribution in [1.29, 1.82) is 0 Å². The van der Waals surface area contributed by atoms with E-state index < -0.39 is 15.7 Å². The highest BCUT2D eigenvalue weighted by Gasteiger charge is 2.15. The molecule has 0 saturated carbocycles. The van der Waals surface area contributed by atoms with Crippen molar-refractivity contribution in [3.63, 3.8) is 0 Å². The lowest BCUT2D eigenvalue weighted by Crippen LogP contribution is -2.30. The highest BCUT2D eigenvalue weighted by Crippen LogP contribution is 2.15. The molecule has 1 amide bonds. The minimum Gasteiger partial charge on any atom is -0.416 e. The molecule has 1 N–H and O–H groups in total. The van der Waals surface area contributed by atoms with Crippen LogP contribution in [0.2, 0.25) is 0 Å². The van der Waals surface area contributed by atoms with Gasteiger partial charge in [0.25, 0.3) is 5.22 Å². The van der Waals surface area contributed by atoms with Gasteiger partial charge in [-0.2, -0.15) is 0 Å². The maximum atomic E-state index is 12.8. The molecule has 0 unspecified atom stereocenters. The predicted molar refractivity (Wildman–Crippen MR) is 81.2 cm³/mol. The number of thioether (sulfide) groups is 1. The molecule has 0 aliphatic carbocycles. The molecule has 1 aromatic heterocycles. The monoisotopic (exact) mass is 359 g/mol. The Labute approximate surface area is 136 Å². The van der Waals surface area contributed by atoms with E-state index in [4.69, 9.17) is 4.42 Å². The molecular formula is C13H14FN3O4S2. The molecule has 0 bridgehead atoms. The van der Waals surface area contributed by atoms with E-state index in [1.807, 2.05) is 0 Å². The molecule has 0 aliphatic heterocycles. The van der Waals surface area contributed by atoms with Crippen LogP contribution in [0.15, 0.2) is 38.8 Å². The molecule has 10 heteroatoms. The lowest BCUT2D eigenvalue weighted by atomic mass is 10.4. The van der Waals surface area contributed by atoms with Gasteiger partial charge in [0.15, 0.2) is 9.84 Å². The third-order valence-corrected chi connectivity index (χ3v) is 5.25. The number of sulfone groups is 1. The van der Waals surface area contributed by atoms with Crippen molar-refractivity contribution in [3.8, 4) is 0 Å².